The molecule has 146 valence electrons. The summed E-state index contributed by atoms with van der Waals surface area (Å²) in [5, 5.41) is 3.52. The molecule has 2 heterocycles. The standard InChI is InChI=1S/C12H17NO.C12H17N/c1-11-3-2-4-12(9-11)10-13-5-7-14-8-6-13;1-10-4-6-11(7-5-10)9-12-3-2-8-13-12/h2-4,9H,5-8,10H2,1H3;4-7,12-13H,2-3,8-9H2,1H3. The van der Waals surface area contributed by atoms with Crippen LogP contribution in [0.25, 0.3) is 0 Å². The normalized spacial score (nSPS) is 20.1. The predicted octanol–water partition coefficient (Wildman–Crippen LogP) is 4.12. The van der Waals surface area contributed by atoms with Gasteiger partial charge in [-0.1, -0.05) is 59.7 Å². The molecule has 2 aliphatic heterocycles. The molecule has 27 heavy (non-hydrogen) atoms. The van der Waals surface area contributed by atoms with Gasteiger partial charge in [0.2, 0.25) is 0 Å². The Morgan fingerprint density at radius 3 is 2.41 bits per heavy atom. The second-order valence-electron chi connectivity index (χ2n) is 7.86. The van der Waals surface area contributed by atoms with Crippen molar-refractivity contribution in [3.8, 4) is 0 Å². The Hall–Kier alpha value is -1.68. The topological polar surface area (TPSA) is 24.5 Å². The quantitative estimate of drug-likeness (QED) is 0.881. The Bertz CT molecular complexity index is 671. The van der Waals surface area contributed by atoms with Crippen LogP contribution in [-0.2, 0) is 17.7 Å². The van der Waals surface area contributed by atoms with Crippen LogP contribution in [0.5, 0.6) is 0 Å². The van der Waals surface area contributed by atoms with Crippen LogP contribution in [0.2, 0.25) is 0 Å². The highest BCUT2D eigenvalue weighted by atomic mass is 16.5. The fourth-order valence-electron chi connectivity index (χ4n) is 3.77. The first kappa shape index (κ1) is 20.1. The molecule has 1 N–H and O–H groups in total. The molecule has 0 aromatic heterocycles. The first-order valence-electron chi connectivity index (χ1n) is 10.3. The zero-order valence-electron chi connectivity index (χ0n) is 16.9. The smallest absolute Gasteiger partial charge is 0.0594 e. The summed E-state index contributed by atoms with van der Waals surface area (Å²) >= 11 is 0. The van der Waals surface area contributed by atoms with E-state index < -0.39 is 0 Å². The Kier molecular flexibility index (Phi) is 7.88. The van der Waals surface area contributed by atoms with Crippen LogP contribution in [0.3, 0.4) is 0 Å². The molecular weight excluding hydrogens is 332 g/mol. The van der Waals surface area contributed by atoms with Gasteiger partial charge in [0.05, 0.1) is 13.2 Å². The molecule has 0 spiro atoms. The SMILES string of the molecule is Cc1ccc(CC2CCCN2)cc1.Cc1cccc(CN2CCOCC2)c1. The fourth-order valence-corrected chi connectivity index (χ4v) is 3.77. The lowest BCUT2D eigenvalue weighted by Crippen LogP contribution is -2.35. The van der Waals surface area contributed by atoms with Gasteiger partial charge in [-0.2, -0.15) is 0 Å². The third-order valence-corrected chi connectivity index (χ3v) is 5.36. The Balaban J connectivity index is 0.000000156. The number of benzene rings is 2. The molecule has 0 radical (unpaired) electrons. The van der Waals surface area contributed by atoms with Crippen molar-refractivity contribution in [3.63, 3.8) is 0 Å². The van der Waals surface area contributed by atoms with Gasteiger partial charge < -0.3 is 10.1 Å². The number of aryl methyl sites for hydroxylation is 2. The lowest BCUT2D eigenvalue weighted by atomic mass is 10.0. The summed E-state index contributed by atoms with van der Waals surface area (Å²) in [6.07, 6.45) is 3.88. The summed E-state index contributed by atoms with van der Waals surface area (Å²) in [6, 6.07) is 18.3. The Morgan fingerprint density at radius 2 is 1.74 bits per heavy atom. The van der Waals surface area contributed by atoms with E-state index in [0.29, 0.717) is 0 Å². The summed E-state index contributed by atoms with van der Waals surface area (Å²) in [5.74, 6) is 0. The van der Waals surface area contributed by atoms with E-state index in [9.17, 15) is 0 Å². The molecule has 2 saturated heterocycles. The van der Waals surface area contributed by atoms with Gasteiger partial charge in [0, 0.05) is 25.7 Å². The van der Waals surface area contributed by atoms with Gasteiger partial charge in [0.15, 0.2) is 0 Å². The first-order chi connectivity index (χ1) is 13.2. The van der Waals surface area contributed by atoms with Crippen LogP contribution >= 0.6 is 0 Å². The van der Waals surface area contributed by atoms with E-state index in [0.717, 1.165) is 38.9 Å². The maximum Gasteiger partial charge on any atom is 0.0594 e. The van der Waals surface area contributed by atoms with Crippen LogP contribution in [0, 0.1) is 13.8 Å². The number of rotatable bonds is 4. The van der Waals surface area contributed by atoms with Crippen LogP contribution in [-0.4, -0.2) is 43.8 Å². The molecule has 1 unspecified atom stereocenters. The fraction of sp³-hybridized carbons (Fsp3) is 0.500. The lowest BCUT2D eigenvalue weighted by Gasteiger charge is -2.26. The predicted molar refractivity (Wildman–Crippen MR) is 113 cm³/mol. The lowest BCUT2D eigenvalue weighted by molar-refractivity contribution is 0.0342. The molecule has 2 aliphatic rings. The van der Waals surface area contributed by atoms with Crippen molar-refractivity contribution < 1.29 is 4.74 Å². The molecule has 2 aromatic carbocycles. The summed E-state index contributed by atoms with van der Waals surface area (Å²) in [6.45, 7) is 10.4. The molecule has 3 nitrogen and oxygen atoms in total. The van der Waals surface area contributed by atoms with Crippen LogP contribution in [0.15, 0.2) is 48.5 Å². The molecule has 0 bridgehead atoms. The Labute approximate surface area is 164 Å². The zero-order valence-corrected chi connectivity index (χ0v) is 16.9. The number of hydrogen-bond donors (Lipinski definition) is 1. The molecule has 2 aromatic rings. The molecule has 4 rings (SSSR count). The highest BCUT2D eigenvalue weighted by Gasteiger charge is 2.13. The highest BCUT2D eigenvalue weighted by molar-refractivity contribution is 5.23. The van der Waals surface area contributed by atoms with Gasteiger partial charge >= 0.3 is 0 Å². The second kappa shape index (κ2) is 10.6. The number of nitrogens with zero attached hydrogens (tertiary/aromatic N) is 1. The summed E-state index contributed by atoms with van der Waals surface area (Å²) in [4.78, 5) is 2.44. The third-order valence-electron chi connectivity index (χ3n) is 5.36. The van der Waals surface area contributed by atoms with Gasteiger partial charge in [-0.15, -0.1) is 0 Å². The van der Waals surface area contributed by atoms with Gasteiger partial charge in [0.25, 0.3) is 0 Å². The van der Waals surface area contributed by atoms with Crippen molar-refractivity contribution in [2.24, 2.45) is 0 Å². The van der Waals surface area contributed by atoms with Crippen LogP contribution in [0.4, 0.5) is 0 Å². The van der Waals surface area contributed by atoms with Crippen molar-refractivity contribution in [1.29, 1.82) is 0 Å². The number of ether oxygens (including phenoxy) is 1. The van der Waals surface area contributed by atoms with E-state index >= 15 is 0 Å². The number of morpholine rings is 1. The van der Waals surface area contributed by atoms with Crippen LogP contribution < -0.4 is 5.32 Å². The summed E-state index contributed by atoms with van der Waals surface area (Å²) in [7, 11) is 0. The minimum atomic E-state index is 0.725. The van der Waals surface area contributed by atoms with Crippen molar-refractivity contribution >= 4 is 0 Å². The largest absolute Gasteiger partial charge is 0.379 e. The average molecular weight is 367 g/mol. The molecule has 2 fully saturated rings. The molecule has 3 heteroatoms. The monoisotopic (exact) mass is 366 g/mol. The molecule has 0 aliphatic carbocycles. The Morgan fingerprint density at radius 1 is 0.963 bits per heavy atom. The van der Waals surface area contributed by atoms with E-state index in [-0.39, 0.29) is 0 Å². The van der Waals surface area contributed by atoms with Crippen LogP contribution in [0.1, 0.15) is 35.1 Å². The number of hydrogen-bond acceptors (Lipinski definition) is 3. The van der Waals surface area contributed by atoms with E-state index in [1.54, 1.807) is 0 Å². The molecule has 1 atom stereocenters. The number of nitrogens with one attached hydrogen (secondary N) is 1. The van der Waals surface area contributed by atoms with Gasteiger partial charge in [-0.3, -0.25) is 4.90 Å². The highest BCUT2D eigenvalue weighted by Crippen LogP contribution is 2.12. The van der Waals surface area contributed by atoms with Crippen molar-refractivity contribution in [2.45, 2.75) is 45.7 Å². The van der Waals surface area contributed by atoms with Crippen molar-refractivity contribution in [3.05, 3.63) is 70.8 Å². The van der Waals surface area contributed by atoms with Crippen molar-refractivity contribution in [1.82, 2.24) is 10.2 Å². The van der Waals surface area contributed by atoms with Gasteiger partial charge in [-0.25, -0.2) is 0 Å². The molecular formula is C24H34N2O. The maximum absolute atomic E-state index is 5.32. The van der Waals surface area contributed by atoms with E-state index in [2.05, 4.69) is 72.6 Å². The van der Waals surface area contributed by atoms with Crippen molar-refractivity contribution in [2.75, 3.05) is 32.8 Å². The maximum atomic E-state index is 5.32. The minimum absolute atomic E-state index is 0.725. The third kappa shape index (κ3) is 7.10. The summed E-state index contributed by atoms with van der Waals surface area (Å²) < 4.78 is 5.32. The van der Waals surface area contributed by atoms with E-state index in [1.165, 1.54) is 48.1 Å². The summed E-state index contributed by atoms with van der Waals surface area (Å²) in [5.41, 5.74) is 5.57. The van der Waals surface area contributed by atoms with Gasteiger partial charge in [-0.05, 0) is 50.8 Å². The molecule has 0 saturated carbocycles. The average Bonchev–Trinajstić information content (AvgIpc) is 3.18. The minimum Gasteiger partial charge on any atom is -0.379 e. The van der Waals surface area contributed by atoms with E-state index in [4.69, 9.17) is 4.74 Å². The second-order valence-corrected chi connectivity index (χ2v) is 7.86. The van der Waals surface area contributed by atoms with Gasteiger partial charge in [0.1, 0.15) is 0 Å². The first-order valence-corrected chi connectivity index (χ1v) is 10.3. The molecule has 0 amide bonds. The zero-order chi connectivity index (χ0) is 18.9. The van der Waals surface area contributed by atoms with E-state index in [1.807, 2.05) is 0 Å².